The van der Waals surface area contributed by atoms with Crippen LogP contribution >= 0.6 is 0 Å². The molecule has 1 fully saturated rings. The molecule has 4 heteroatoms. The van der Waals surface area contributed by atoms with Crippen molar-refractivity contribution in [1.29, 1.82) is 0 Å². The Morgan fingerprint density at radius 1 is 1.47 bits per heavy atom. The maximum atomic E-state index is 11.3. The Hall–Kier alpha value is -1.39. The highest BCUT2D eigenvalue weighted by molar-refractivity contribution is 5.74. The fraction of sp³-hybridized carbons (Fsp3) is 0.533. The zero-order chi connectivity index (χ0) is 13.7. The summed E-state index contributed by atoms with van der Waals surface area (Å²) in [6, 6.07) is 9.93. The third-order valence-corrected chi connectivity index (χ3v) is 3.72. The average Bonchev–Trinajstić information content (AvgIpc) is 2.85. The number of carboxylic acid groups (broad SMARTS) is 1. The maximum absolute atomic E-state index is 11.3. The van der Waals surface area contributed by atoms with Crippen molar-refractivity contribution in [3.8, 4) is 0 Å². The van der Waals surface area contributed by atoms with Crippen molar-refractivity contribution in [1.82, 2.24) is 10.2 Å². The van der Waals surface area contributed by atoms with Gasteiger partial charge in [-0.15, -0.1) is 0 Å². The van der Waals surface area contributed by atoms with Crippen LogP contribution in [0.25, 0.3) is 0 Å². The first kappa shape index (κ1) is 14.0. The van der Waals surface area contributed by atoms with Gasteiger partial charge < -0.3 is 10.4 Å². The monoisotopic (exact) mass is 262 g/mol. The van der Waals surface area contributed by atoms with Gasteiger partial charge in [-0.2, -0.15) is 0 Å². The Balaban J connectivity index is 1.90. The highest BCUT2D eigenvalue weighted by Crippen LogP contribution is 2.21. The Morgan fingerprint density at radius 3 is 2.84 bits per heavy atom. The van der Waals surface area contributed by atoms with E-state index < -0.39 is 12.0 Å². The van der Waals surface area contributed by atoms with Gasteiger partial charge in [-0.1, -0.05) is 37.3 Å². The summed E-state index contributed by atoms with van der Waals surface area (Å²) in [5.41, 5.74) is 1.29. The number of likely N-dealkylation sites (tertiary alicyclic amines) is 1. The van der Waals surface area contributed by atoms with Gasteiger partial charge in [-0.05, 0) is 31.0 Å². The molecule has 0 amide bonds. The molecule has 4 nitrogen and oxygen atoms in total. The summed E-state index contributed by atoms with van der Waals surface area (Å²) >= 11 is 0. The van der Waals surface area contributed by atoms with Crippen molar-refractivity contribution in [2.75, 3.05) is 19.6 Å². The third kappa shape index (κ3) is 3.78. The predicted octanol–water partition coefficient (Wildman–Crippen LogP) is 1.57. The molecule has 104 valence electrons. The molecule has 0 aromatic heterocycles. The molecule has 0 bridgehead atoms. The average molecular weight is 262 g/mol. The number of carbonyl (C=O) groups is 1. The standard InChI is InChI=1S/C15H22N2O2/c1-2-16-14(15(18)19)13-8-9-17(11-13)10-12-6-4-3-5-7-12/h3-7,13-14,16H,2,8-11H2,1H3,(H,18,19). The van der Waals surface area contributed by atoms with Crippen LogP contribution in [0.4, 0.5) is 0 Å². The normalized spacial score (nSPS) is 21.4. The summed E-state index contributed by atoms with van der Waals surface area (Å²) in [5, 5.41) is 12.3. The summed E-state index contributed by atoms with van der Waals surface area (Å²) in [4.78, 5) is 13.6. The first-order chi connectivity index (χ1) is 9.20. The quantitative estimate of drug-likeness (QED) is 0.817. The minimum absolute atomic E-state index is 0.209. The summed E-state index contributed by atoms with van der Waals surface area (Å²) < 4.78 is 0. The van der Waals surface area contributed by atoms with Crippen LogP contribution in [-0.2, 0) is 11.3 Å². The maximum Gasteiger partial charge on any atom is 0.321 e. The van der Waals surface area contributed by atoms with E-state index in [0.29, 0.717) is 6.54 Å². The molecular formula is C15H22N2O2. The minimum atomic E-state index is -0.728. The lowest BCUT2D eigenvalue weighted by Crippen LogP contribution is -2.43. The molecule has 19 heavy (non-hydrogen) atoms. The number of hydrogen-bond donors (Lipinski definition) is 2. The summed E-state index contributed by atoms with van der Waals surface area (Å²) in [6.45, 7) is 5.40. The molecule has 1 aliphatic heterocycles. The molecule has 1 aromatic rings. The molecule has 2 atom stereocenters. The topological polar surface area (TPSA) is 52.6 Å². The number of aliphatic carboxylic acids is 1. The number of nitrogens with zero attached hydrogens (tertiary/aromatic N) is 1. The smallest absolute Gasteiger partial charge is 0.321 e. The molecule has 2 rings (SSSR count). The molecule has 1 aliphatic rings. The van der Waals surface area contributed by atoms with Crippen molar-refractivity contribution >= 4 is 5.97 Å². The Kier molecular flexibility index (Phi) is 4.93. The molecule has 1 saturated heterocycles. The lowest BCUT2D eigenvalue weighted by molar-refractivity contribution is -0.140. The van der Waals surface area contributed by atoms with E-state index in [0.717, 1.165) is 26.1 Å². The fourth-order valence-corrected chi connectivity index (χ4v) is 2.80. The van der Waals surface area contributed by atoms with Crippen molar-refractivity contribution in [3.05, 3.63) is 35.9 Å². The molecule has 1 heterocycles. The second-order valence-electron chi connectivity index (χ2n) is 5.14. The van der Waals surface area contributed by atoms with Gasteiger partial charge in [0.2, 0.25) is 0 Å². The zero-order valence-corrected chi connectivity index (χ0v) is 11.4. The molecule has 0 spiro atoms. The SMILES string of the molecule is CCNC(C(=O)O)C1CCN(Cc2ccccc2)C1. The number of nitrogens with one attached hydrogen (secondary N) is 1. The molecule has 0 aliphatic carbocycles. The van der Waals surface area contributed by atoms with Gasteiger partial charge in [0, 0.05) is 13.1 Å². The van der Waals surface area contributed by atoms with Crippen LogP contribution in [-0.4, -0.2) is 41.7 Å². The minimum Gasteiger partial charge on any atom is -0.480 e. The van der Waals surface area contributed by atoms with Crippen LogP contribution < -0.4 is 5.32 Å². The lowest BCUT2D eigenvalue weighted by Gasteiger charge is -2.21. The highest BCUT2D eigenvalue weighted by atomic mass is 16.4. The van der Waals surface area contributed by atoms with E-state index in [1.165, 1.54) is 5.56 Å². The van der Waals surface area contributed by atoms with E-state index in [-0.39, 0.29) is 5.92 Å². The Morgan fingerprint density at radius 2 is 2.21 bits per heavy atom. The van der Waals surface area contributed by atoms with Crippen LogP contribution in [0.5, 0.6) is 0 Å². The van der Waals surface area contributed by atoms with Gasteiger partial charge in [-0.25, -0.2) is 0 Å². The van der Waals surface area contributed by atoms with E-state index in [4.69, 9.17) is 0 Å². The van der Waals surface area contributed by atoms with Crippen LogP contribution in [0.2, 0.25) is 0 Å². The first-order valence-corrected chi connectivity index (χ1v) is 6.93. The van der Waals surface area contributed by atoms with Crippen LogP contribution in [0.3, 0.4) is 0 Å². The number of hydrogen-bond acceptors (Lipinski definition) is 3. The number of likely N-dealkylation sites (N-methyl/N-ethyl adjacent to an activating group) is 1. The van der Waals surface area contributed by atoms with E-state index in [2.05, 4.69) is 22.3 Å². The van der Waals surface area contributed by atoms with Crippen LogP contribution in [0.1, 0.15) is 18.9 Å². The molecule has 0 saturated carbocycles. The van der Waals surface area contributed by atoms with Gasteiger partial charge in [0.15, 0.2) is 0 Å². The number of benzene rings is 1. The van der Waals surface area contributed by atoms with Crippen molar-refractivity contribution in [2.24, 2.45) is 5.92 Å². The summed E-state index contributed by atoms with van der Waals surface area (Å²) in [7, 11) is 0. The number of carboxylic acids is 1. The number of rotatable bonds is 6. The van der Waals surface area contributed by atoms with Gasteiger partial charge in [-0.3, -0.25) is 9.69 Å². The summed E-state index contributed by atoms with van der Waals surface area (Å²) in [5.74, 6) is -0.519. The Bertz CT molecular complexity index is 408. The predicted molar refractivity (Wildman–Crippen MR) is 74.9 cm³/mol. The van der Waals surface area contributed by atoms with Crippen molar-refractivity contribution in [2.45, 2.75) is 25.9 Å². The van der Waals surface area contributed by atoms with Gasteiger partial charge >= 0.3 is 5.97 Å². The third-order valence-electron chi connectivity index (χ3n) is 3.72. The molecule has 2 unspecified atom stereocenters. The van der Waals surface area contributed by atoms with Crippen LogP contribution in [0, 0.1) is 5.92 Å². The van der Waals surface area contributed by atoms with E-state index in [1.54, 1.807) is 0 Å². The molecule has 2 N–H and O–H groups in total. The molecular weight excluding hydrogens is 240 g/mol. The van der Waals surface area contributed by atoms with Crippen LogP contribution in [0.15, 0.2) is 30.3 Å². The summed E-state index contributed by atoms with van der Waals surface area (Å²) in [6.07, 6.45) is 0.955. The fourth-order valence-electron chi connectivity index (χ4n) is 2.80. The second kappa shape index (κ2) is 6.68. The van der Waals surface area contributed by atoms with Gasteiger partial charge in [0.05, 0.1) is 0 Å². The van der Waals surface area contributed by atoms with E-state index in [1.807, 2.05) is 25.1 Å². The lowest BCUT2D eigenvalue weighted by atomic mass is 9.99. The highest BCUT2D eigenvalue weighted by Gasteiger charge is 2.33. The first-order valence-electron chi connectivity index (χ1n) is 6.93. The van der Waals surface area contributed by atoms with E-state index in [9.17, 15) is 9.90 Å². The second-order valence-corrected chi connectivity index (χ2v) is 5.14. The van der Waals surface area contributed by atoms with Gasteiger partial charge in [0.25, 0.3) is 0 Å². The van der Waals surface area contributed by atoms with Crippen molar-refractivity contribution in [3.63, 3.8) is 0 Å². The molecule has 0 radical (unpaired) electrons. The van der Waals surface area contributed by atoms with Crippen molar-refractivity contribution < 1.29 is 9.90 Å². The molecule has 1 aromatic carbocycles. The van der Waals surface area contributed by atoms with E-state index >= 15 is 0 Å². The van der Waals surface area contributed by atoms with Gasteiger partial charge in [0.1, 0.15) is 6.04 Å². The Labute approximate surface area is 114 Å². The zero-order valence-electron chi connectivity index (χ0n) is 11.4. The largest absolute Gasteiger partial charge is 0.480 e.